The largest absolute Gasteiger partial charge is 0.520 e. The lowest BCUT2D eigenvalue weighted by molar-refractivity contribution is 0.201. The van der Waals surface area contributed by atoms with Crippen molar-refractivity contribution in [1.82, 2.24) is 0 Å². The van der Waals surface area contributed by atoms with E-state index in [4.69, 9.17) is 8.85 Å². The summed E-state index contributed by atoms with van der Waals surface area (Å²) in [6.45, 7) is 22.6. The minimum atomic E-state index is -1.95. The fraction of sp³-hybridized carbons (Fsp3) is 0.600. The van der Waals surface area contributed by atoms with E-state index in [0.717, 1.165) is 5.56 Å². The molecule has 136 valence electrons. The highest BCUT2D eigenvalue weighted by Crippen LogP contribution is 2.42. The molecule has 0 atom stereocenters. The molecule has 0 spiro atoms. The molecule has 0 aliphatic heterocycles. The molecule has 0 bridgehead atoms. The molecule has 0 amide bonds. The first-order valence-corrected chi connectivity index (χ1v) is 14.6. The van der Waals surface area contributed by atoms with Crippen molar-refractivity contribution in [2.24, 2.45) is 0 Å². The maximum Gasteiger partial charge on any atom is 0.254 e. The molecule has 1 aromatic carbocycles. The van der Waals surface area contributed by atoms with E-state index in [2.05, 4.69) is 85.9 Å². The lowest BCUT2D eigenvalue weighted by Crippen LogP contribution is -2.45. The van der Waals surface area contributed by atoms with E-state index in [9.17, 15) is 0 Å². The molecular formula is C20H36O2Si2. The van der Waals surface area contributed by atoms with Gasteiger partial charge in [-0.15, -0.1) is 0 Å². The van der Waals surface area contributed by atoms with Crippen LogP contribution in [-0.2, 0) is 8.85 Å². The molecule has 0 aromatic heterocycles. The first kappa shape index (κ1) is 21.0. The molecule has 0 N–H and O–H groups in total. The monoisotopic (exact) mass is 364 g/mol. The van der Waals surface area contributed by atoms with Crippen LogP contribution >= 0.6 is 0 Å². The van der Waals surface area contributed by atoms with Gasteiger partial charge in [-0.2, -0.15) is 0 Å². The molecule has 0 unspecified atom stereocenters. The first-order chi connectivity index (χ1) is 10.7. The van der Waals surface area contributed by atoms with Crippen LogP contribution in [0.25, 0.3) is 6.08 Å². The highest BCUT2D eigenvalue weighted by Gasteiger charge is 2.43. The summed E-state index contributed by atoms with van der Waals surface area (Å²) < 4.78 is 13.1. The van der Waals surface area contributed by atoms with Crippen LogP contribution in [0.2, 0.25) is 36.3 Å². The third kappa shape index (κ3) is 5.52. The van der Waals surface area contributed by atoms with Crippen molar-refractivity contribution in [3.8, 4) is 0 Å². The van der Waals surface area contributed by atoms with Crippen molar-refractivity contribution in [1.29, 1.82) is 0 Å². The average Bonchev–Trinajstić information content (AvgIpc) is 2.35. The minimum absolute atomic E-state index is 0.138. The number of hydrogen-bond donors (Lipinski definition) is 0. The van der Waals surface area contributed by atoms with Crippen molar-refractivity contribution in [3.05, 3.63) is 41.8 Å². The van der Waals surface area contributed by atoms with Gasteiger partial charge in [0.05, 0.1) is 0 Å². The Morgan fingerprint density at radius 3 is 1.46 bits per heavy atom. The van der Waals surface area contributed by atoms with Gasteiger partial charge in [0.25, 0.3) is 22.6 Å². The first-order valence-electron chi connectivity index (χ1n) is 8.80. The van der Waals surface area contributed by atoms with Crippen molar-refractivity contribution in [2.75, 3.05) is 0 Å². The highest BCUT2D eigenvalue weighted by atomic mass is 28.4. The van der Waals surface area contributed by atoms with E-state index in [-0.39, 0.29) is 10.1 Å². The van der Waals surface area contributed by atoms with Crippen LogP contribution in [0.15, 0.2) is 36.3 Å². The smallest absolute Gasteiger partial charge is 0.254 e. The maximum absolute atomic E-state index is 6.55. The summed E-state index contributed by atoms with van der Waals surface area (Å²) in [7, 11) is -3.90. The highest BCUT2D eigenvalue weighted by molar-refractivity contribution is 6.75. The predicted octanol–water partition coefficient (Wildman–Crippen LogP) is 7.03. The second-order valence-electron chi connectivity index (χ2n) is 9.60. The summed E-state index contributed by atoms with van der Waals surface area (Å²) in [4.78, 5) is 0. The van der Waals surface area contributed by atoms with Crippen molar-refractivity contribution in [2.45, 2.75) is 77.8 Å². The van der Waals surface area contributed by atoms with Gasteiger partial charge >= 0.3 is 0 Å². The van der Waals surface area contributed by atoms with Crippen molar-refractivity contribution < 1.29 is 8.85 Å². The topological polar surface area (TPSA) is 18.5 Å². The van der Waals surface area contributed by atoms with E-state index in [1.807, 2.05) is 18.2 Å². The Morgan fingerprint density at radius 2 is 1.12 bits per heavy atom. The van der Waals surface area contributed by atoms with E-state index < -0.39 is 16.6 Å². The SMILES string of the molecule is CC(C)(C)[Si](C)(C)OC(=Cc1ccccc1)O[Si](C)(C)C(C)(C)C. The van der Waals surface area contributed by atoms with Crippen LogP contribution in [0, 0.1) is 0 Å². The Kier molecular flexibility index (Phi) is 6.21. The summed E-state index contributed by atoms with van der Waals surface area (Å²) >= 11 is 0. The molecule has 1 rings (SSSR count). The normalized spacial score (nSPS) is 13.4. The Labute approximate surface area is 151 Å². The average molecular weight is 365 g/mol. The quantitative estimate of drug-likeness (QED) is 0.412. The molecule has 0 saturated carbocycles. The zero-order chi connectivity index (χ0) is 18.8. The van der Waals surface area contributed by atoms with Gasteiger partial charge in [-0.25, -0.2) is 0 Å². The molecule has 24 heavy (non-hydrogen) atoms. The summed E-state index contributed by atoms with van der Waals surface area (Å²) in [5.41, 5.74) is 1.12. The third-order valence-corrected chi connectivity index (χ3v) is 14.1. The van der Waals surface area contributed by atoms with Gasteiger partial charge in [0.15, 0.2) is 0 Å². The fourth-order valence-electron chi connectivity index (χ4n) is 1.57. The van der Waals surface area contributed by atoms with Gasteiger partial charge in [-0.3, -0.25) is 0 Å². The molecule has 2 nitrogen and oxygen atoms in total. The lowest BCUT2D eigenvalue weighted by Gasteiger charge is -2.41. The second kappa shape index (κ2) is 7.08. The molecule has 0 radical (unpaired) electrons. The Balaban J connectivity index is 3.21. The summed E-state index contributed by atoms with van der Waals surface area (Å²) in [6, 6.07) is 10.3. The molecule has 0 aliphatic rings. The van der Waals surface area contributed by atoms with Crippen LogP contribution < -0.4 is 0 Å². The number of benzene rings is 1. The molecule has 0 saturated heterocycles. The van der Waals surface area contributed by atoms with Gasteiger partial charge in [-0.1, -0.05) is 71.9 Å². The maximum atomic E-state index is 6.55. The number of rotatable bonds is 5. The van der Waals surface area contributed by atoms with Crippen LogP contribution in [0.3, 0.4) is 0 Å². The van der Waals surface area contributed by atoms with Gasteiger partial charge in [-0.05, 0) is 41.8 Å². The molecule has 0 aliphatic carbocycles. The molecule has 1 aromatic rings. The van der Waals surface area contributed by atoms with Crippen LogP contribution in [0.4, 0.5) is 0 Å². The van der Waals surface area contributed by atoms with Crippen LogP contribution in [0.5, 0.6) is 0 Å². The lowest BCUT2D eigenvalue weighted by atomic mass is 10.2. The van der Waals surface area contributed by atoms with Gasteiger partial charge in [0.2, 0.25) is 0 Å². The summed E-state index contributed by atoms with van der Waals surface area (Å²) in [5, 5.41) is 0.277. The fourth-order valence-corrected chi connectivity index (χ4v) is 3.48. The molecule has 0 fully saturated rings. The van der Waals surface area contributed by atoms with Crippen LogP contribution in [0.1, 0.15) is 47.1 Å². The second-order valence-corrected chi connectivity index (χ2v) is 19.0. The van der Waals surface area contributed by atoms with E-state index in [1.54, 1.807) is 0 Å². The summed E-state index contributed by atoms with van der Waals surface area (Å²) in [5.74, 6) is 0.694. The zero-order valence-electron chi connectivity index (χ0n) is 17.3. The Morgan fingerprint density at radius 1 is 0.750 bits per heavy atom. The van der Waals surface area contributed by atoms with Crippen LogP contribution in [-0.4, -0.2) is 16.6 Å². The standard InChI is InChI=1S/C20H36O2Si2/c1-19(2,3)23(7,8)21-18(16-17-14-12-11-13-15-17)22-24(9,10)20(4,5)6/h11-16H,1-10H3. The Bertz CT molecular complexity index is 532. The van der Waals surface area contributed by atoms with Gasteiger partial charge < -0.3 is 8.85 Å². The van der Waals surface area contributed by atoms with E-state index in [1.165, 1.54) is 0 Å². The minimum Gasteiger partial charge on any atom is -0.520 e. The summed E-state index contributed by atoms with van der Waals surface area (Å²) in [6.07, 6.45) is 2.06. The molecule has 0 heterocycles. The van der Waals surface area contributed by atoms with Crippen molar-refractivity contribution >= 4 is 22.7 Å². The van der Waals surface area contributed by atoms with Crippen molar-refractivity contribution in [3.63, 3.8) is 0 Å². The third-order valence-electron chi connectivity index (χ3n) is 5.41. The molecule has 4 heteroatoms. The predicted molar refractivity (Wildman–Crippen MR) is 111 cm³/mol. The van der Waals surface area contributed by atoms with E-state index >= 15 is 0 Å². The Hall–Kier alpha value is -1.01. The van der Waals surface area contributed by atoms with Gasteiger partial charge in [0.1, 0.15) is 0 Å². The number of hydrogen-bond acceptors (Lipinski definition) is 2. The van der Waals surface area contributed by atoms with E-state index in [0.29, 0.717) is 5.95 Å². The van der Waals surface area contributed by atoms with Gasteiger partial charge in [0, 0.05) is 6.08 Å². The molecular weight excluding hydrogens is 328 g/mol. The zero-order valence-corrected chi connectivity index (χ0v) is 19.3.